The van der Waals surface area contributed by atoms with Gasteiger partial charge in [-0.25, -0.2) is 5.26 Å². The zero-order valence-corrected chi connectivity index (χ0v) is 38.7. The van der Waals surface area contributed by atoms with Gasteiger partial charge in [0, 0.05) is 66.3 Å². The average molecular weight is 820 g/mol. The second-order valence-electron chi connectivity index (χ2n) is 14.3. The predicted octanol–water partition coefficient (Wildman–Crippen LogP) is 6.28. The summed E-state index contributed by atoms with van der Waals surface area (Å²) < 4.78 is 15.2. The Balaban J connectivity index is -0.000000377. The van der Waals surface area contributed by atoms with Gasteiger partial charge in [0.2, 0.25) is 18.2 Å². The van der Waals surface area contributed by atoms with E-state index in [4.69, 9.17) is 19.5 Å². The number of nitrogens with two attached hydrogens (primary N) is 1. The smallest absolute Gasteiger partial charge is 0.268 e. The van der Waals surface area contributed by atoms with E-state index in [1.807, 2.05) is 45.9 Å². The van der Waals surface area contributed by atoms with Crippen molar-refractivity contribution in [2.24, 2.45) is 23.5 Å². The lowest BCUT2D eigenvalue weighted by Crippen LogP contribution is -2.52. The molecule has 0 saturated carbocycles. The summed E-state index contributed by atoms with van der Waals surface area (Å²) in [6.07, 6.45) is 9.20. The molecule has 7 atom stereocenters. The van der Waals surface area contributed by atoms with E-state index in [0.29, 0.717) is 31.1 Å². The number of aryl methyl sites for hydroxylation is 1. The number of benzene rings is 1. The Bertz CT molecular complexity index is 1190. The number of primary amides is 1. The number of carbonyl (C=O) groups excluding carboxylic acids is 5. The maximum atomic E-state index is 12.6. The number of likely N-dealkylation sites (N-methyl/N-ethyl adjacent to an activating group) is 2. The van der Waals surface area contributed by atoms with Gasteiger partial charge in [-0.05, 0) is 57.9 Å². The molecule has 334 valence electrons. The number of rotatable bonds is 15. The van der Waals surface area contributed by atoms with Gasteiger partial charge in [-0.1, -0.05) is 104 Å². The number of amides is 3. The molecule has 3 rings (SSSR count). The number of likely N-dealkylation sites (tertiary alicyclic amines) is 1. The van der Waals surface area contributed by atoms with E-state index in [1.54, 1.807) is 33.3 Å². The van der Waals surface area contributed by atoms with E-state index in [0.717, 1.165) is 31.9 Å². The highest BCUT2D eigenvalue weighted by Gasteiger charge is 2.35. The SMILES string of the molecule is CC.CCC.CCC(C)C(C(CC=O)OC)N(C)C(=O)CNC(=O)C1CCB(C#N)C1.COC.COC(C(C)CC=O)C1CCCN1C.Cc1ccccc1.NC=O. The van der Waals surface area contributed by atoms with Crippen LogP contribution in [0.15, 0.2) is 30.3 Å². The van der Waals surface area contributed by atoms with Gasteiger partial charge in [0.15, 0.2) is 0 Å². The molecule has 0 aromatic heterocycles. The third-order valence-electron chi connectivity index (χ3n) is 9.68. The van der Waals surface area contributed by atoms with Gasteiger partial charge in [0.05, 0.1) is 24.8 Å². The highest BCUT2D eigenvalue weighted by atomic mass is 16.5. The van der Waals surface area contributed by atoms with Crippen LogP contribution in [0.5, 0.6) is 0 Å². The summed E-state index contributed by atoms with van der Waals surface area (Å²) in [5, 5.41) is 11.6. The number of nitrogens with zero attached hydrogens (tertiary/aromatic N) is 3. The molecule has 14 heteroatoms. The molecule has 3 N–H and O–H groups in total. The summed E-state index contributed by atoms with van der Waals surface area (Å²) in [6, 6.07) is 10.5. The van der Waals surface area contributed by atoms with E-state index < -0.39 is 0 Å². The minimum Gasteiger partial charge on any atom is -0.388 e. The molecule has 2 aliphatic rings. The Morgan fingerprint density at radius 3 is 1.90 bits per heavy atom. The number of hydrogen-bond acceptors (Lipinski definition) is 10. The van der Waals surface area contributed by atoms with Crippen LogP contribution in [-0.2, 0) is 38.2 Å². The van der Waals surface area contributed by atoms with Gasteiger partial charge >= 0.3 is 0 Å². The first-order valence-electron chi connectivity index (χ1n) is 20.9. The summed E-state index contributed by atoms with van der Waals surface area (Å²) in [5.41, 5.74) is 5.49. The Morgan fingerprint density at radius 2 is 1.53 bits per heavy atom. The van der Waals surface area contributed by atoms with Gasteiger partial charge in [0.1, 0.15) is 12.6 Å². The van der Waals surface area contributed by atoms with Crippen LogP contribution in [0.3, 0.4) is 0 Å². The number of carbonyl (C=O) groups is 5. The molecule has 0 bridgehead atoms. The van der Waals surface area contributed by atoms with Crippen LogP contribution in [0.2, 0.25) is 12.6 Å². The van der Waals surface area contributed by atoms with Crippen LogP contribution in [0.25, 0.3) is 0 Å². The number of nitrogens with one attached hydrogen (secondary N) is 1. The first-order chi connectivity index (χ1) is 27.7. The molecular weight excluding hydrogens is 737 g/mol. The van der Waals surface area contributed by atoms with Crippen molar-refractivity contribution in [3.8, 4) is 5.97 Å². The van der Waals surface area contributed by atoms with Crippen LogP contribution in [0.1, 0.15) is 99.0 Å². The van der Waals surface area contributed by atoms with Crippen molar-refractivity contribution >= 4 is 37.5 Å². The van der Waals surface area contributed by atoms with Crippen LogP contribution in [0.4, 0.5) is 0 Å². The van der Waals surface area contributed by atoms with E-state index in [-0.39, 0.29) is 68.0 Å². The maximum Gasteiger partial charge on any atom is 0.268 e. The molecule has 2 aliphatic heterocycles. The third-order valence-corrected chi connectivity index (χ3v) is 9.68. The molecule has 0 aliphatic carbocycles. The fraction of sp³-hybridized carbons (Fsp3) is 0.727. The highest BCUT2D eigenvalue weighted by Crippen LogP contribution is 2.27. The van der Waals surface area contributed by atoms with Gasteiger partial charge < -0.3 is 44.6 Å². The first-order valence-corrected chi connectivity index (χ1v) is 20.9. The van der Waals surface area contributed by atoms with Crippen molar-refractivity contribution in [2.75, 3.05) is 55.6 Å². The molecule has 3 amide bonds. The van der Waals surface area contributed by atoms with Crippen molar-refractivity contribution in [2.45, 2.75) is 137 Å². The number of aldehydes is 2. The topological polar surface area (TPSA) is 181 Å². The molecule has 2 heterocycles. The molecule has 2 fully saturated rings. The minimum absolute atomic E-state index is 0.0651. The van der Waals surface area contributed by atoms with E-state index >= 15 is 0 Å². The quantitative estimate of drug-likeness (QED) is 0.151. The van der Waals surface area contributed by atoms with E-state index in [9.17, 15) is 19.2 Å². The molecule has 58 heavy (non-hydrogen) atoms. The number of ether oxygens (including phenoxy) is 3. The number of nitriles is 1. The van der Waals surface area contributed by atoms with Gasteiger partial charge in [-0.2, -0.15) is 0 Å². The van der Waals surface area contributed by atoms with Crippen LogP contribution < -0.4 is 11.1 Å². The van der Waals surface area contributed by atoms with Gasteiger partial charge in [-0.3, -0.25) is 14.4 Å². The summed E-state index contributed by atoms with van der Waals surface area (Å²) in [6.45, 7) is 17.5. The normalized spacial score (nSPS) is 17.6. The van der Waals surface area contributed by atoms with E-state index in [2.05, 4.69) is 73.5 Å². The van der Waals surface area contributed by atoms with Gasteiger partial charge in [-0.15, -0.1) is 0 Å². The lowest BCUT2D eigenvalue weighted by atomic mass is 9.50. The second-order valence-corrected chi connectivity index (χ2v) is 14.3. The van der Waals surface area contributed by atoms with Crippen LogP contribution in [-0.4, -0.2) is 127 Å². The van der Waals surface area contributed by atoms with Crippen molar-refractivity contribution in [1.82, 2.24) is 15.1 Å². The zero-order valence-electron chi connectivity index (χ0n) is 38.7. The summed E-state index contributed by atoms with van der Waals surface area (Å²) in [5.74, 6) is 2.10. The van der Waals surface area contributed by atoms with Crippen LogP contribution in [0, 0.1) is 35.9 Å². The molecule has 0 spiro atoms. The predicted molar refractivity (Wildman–Crippen MR) is 238 cm³/mol. The summed E-state index contributed by atoms with van der Waals surface area (Å²) in [4.78, 5) is 58.7. The van der Waals surface area contributed by atoms with E-state index in [1.165, 1.54) is 31.9 Å². The fourth-order valence-electron chi connectivity index (χ4n) is 6.58. The van der Waals surface area contributed by atoms with Crippen molar-refractivity contribution in [3.05, 3.63) is 35.9 Å². The van der Waals surface area contributed by atoms with Crippen molar-refractivity contribution in [1.29, 1.82) is 5.26 Å². The molecule has 7 unspecified atom stereocenters. The fourth-order valence-corrected chi connectivity index (χ4v) is 6.58. The average Bonchev–Trinajstić information content (AvgIpc) is 3.88. The van der Waals surface area contributed by atoms with Crippen molar-refractivity contribution < 1.29 is 38.2 Å². The van der Waals surface area contributed by atoms with Crippen LogP contribution >= 0.6 is 0 Å². The number of hydrogen-bond donors (Lipinski definition) is 2. The van der Waals surface area contributed by atoms with Gasteiger partial charge in [0.25, 0.3) is 6.71 Å². The summed E-state index contributed by atoms with van der Waals surface area (Å²) in [7, 11) is 10.4. The molecule has 13 nitrogen and oxygen atoms in total. The third kappa shape index (κ3) is 27.9. The Kier molecular flexibility index (Phi) is 43.7. The molecule has 1 aromatic carbocycles. The number of methoxy groups -OCH3 is 3. The standard InChI is InChI=1S/C18H30BN3O4.C11H21NO2.C7H8.C3H8.C2H6O.C2H6.CH3NO/c1-5-13(2)17(15(26-4)7-9-23)22(3)16(24)11-21-18(25)14-6-8-19(10-14)12-20;1-9(6-8-13)11(14-3)10-5-4-7-12(10)2;1-7-5-3-2-4-6-7;2*1-3-2;1-2;2-1-3/h9,13-15,17H,5-8,10-11H2,1-4H3,(H,21,25);8-11H,4-7H2,1-3H3;2-6H,1H3;3H2,1-2H3;1-2H3;1-2H3;1H,(H2,2,3). The second kappa shape index (κ2) is 41.5. The Hall–Kier alpha value is -3.64. The largest absolute Gasteiger partial charge is 0.388 e. The first kappa shape index (κ1) is 61.0. The monoisotopic (exact) mass is 820 g/mol. The minimum atomic E-state index is -0.377. The Morgan fingerprint density at radius 1 is 1.00 bits per heavy atom. The van der Waals surface area contributed by atoms with Crippen molar-refractivity contribution in [3.63, 3.8) is 0 Å². The maximum absolute atomic E-state index is 12.6. The molecular formula is C44H82BN5O8. The molecule has 0 radical (unpaired) electrons. The lowest BCUT2D eigenvalue weighted by molar-refractivity contribution is -0.138. The highest BCUT2D eigenvalue weighted by molar-refractivity contribution is 6.68. The molecule has 2 saturated heterocycles. The Labute approximate surface area is 353 Å². The zero-order chi connectivity index (χ0) is 45.5. The molecule has 1 aromatic rings. The lowest BCUT2D eigenvalue weighted by Gasteiger charge is -2.37. The summed E-state index contributed by atoms with van der Waals surface area (Å²) >= 11 is 0.